The SMILES string of the molecule is CCOC(=O)CCN(CC)C(=O)c1ccn2cc(C)nc2c1. The first kappa shape index (κ1) is 16.0. The van der Waals surface area contributed by atoms with Crippen LogP contribution < -0.4 is 0 Å². The number of hydrogen-bond acceptors (Lipinski definition) is 4. The van der Waals surface area contributed by atoms with Gasteiger partial charge < -0.3 is 14.0 Å². The maximum absolute atomic E-state index is 12.5. The molecule has 1 amide bonds. The van der Waals surface area contributed by atoms with Crippen LogP contribution in [0.25, 0.3) is 5.65 Å². The molecular formula is C16H21N3O3. The third-order valence-corrected chi connectivity index (χ3v) is 3.39. The maximum atomic E-state index is 12.5. The van der Waals surface area contributed by atoms with Gasteiger partial charge in [-0.15, -0.1) is 0 Å². The predicted molar refractivity (Wildman–Crippen MR) is 82.8 cm³/mol. The van der Waals surface area contributed by atoms with E-state index in [0.717, 1.165) is 11.3 Å². The second-order valence-corrected chi connectivity index (χ2v) is 5.00. The lowest BCUT2D eigenvalue weighted by Gasteiger charge is -2.20. The fraction of sp³-hybridized carbons (Fsp3) is 0.438. The van der Waals surface area contributed by atoms with Gasteiger partial charge in [-0.1, -0.05) is 0 Å². The summed E-state index contributed by atoms with van der Waals surface area (Å²) in [6.45, 7) is 6.81. The number of ether oxygens (including phenoxy) is 1. The van der Waals surface area contributed by atoms with E-state index in [-0.39, 0.29) is 18.3 Å². The Morgan fingerprint density at radius 3 is 2.82 bits per heavy atom. The van der Waals surface area contributed by atoms with Gasteiger partial charge in [0.25, 0.3) is 5.91 Å². The highest BCUT2D eigenvalue weighted by molar-refractivity contribution is 5.95. The molecule has 6 heteroatoms. The van der Waals surface area contributed by atoms with Crippen LogP contribution >= 0.6 is 0 Å². The Morgan fingerprint density at radius 2 is 2.14 bits per heavy atom. The quantitative estimate of drug-likeness (QED) is 0.766. The lowest BCUT2D eigenvalue weighted by atomic mass is 10.2. The molecule has 0 radical (unpaired) electrons. The average Bonchev–Trinajstić information content (AvgIpc) is 2.86. The minimum absolute atomic E-state index is 0.102. The number of carbonyl (C=O) groups is 2. The van der Waals surface area contributed by atoms with E-state index in [2.05, 4.69) is 4.98 Å². The lowest BCUT2D eigenvalue weighted by molar-refractivity contribution is -0.143. The number of esters is 1. The summed E-state index contributed by atoms with van der Waals surface area (Å²) in [5, 5.41) is 0. The van der Waals surface area contributed by atoms with Crippen LogP contribution in [0.3, 0.4) is 0 Å². The molecule has 0 bridgehead atoms. The van der Waals surface area contributed by atoms with Crippen LogP contribution in [0.5, 0.6) is 0 Å². The number of aryl methyl sites for hydroxylation is 1. The topological polar surface area (TPSA) is 63.9 Å². The van der Waals surface area contributed by atoms with Crippen molar-refractivity contribution in [2.75, 3.05) is 19.7 Å². The number of hydrogen-bond donors (Lipinski definition) is 0. The van der Waals surface area contributed by atoms with Gasteiger partial charge in [-0.05, 0) is 32.9 Å². The Morgan fingerprint density at radius 1 is 1.36 bits per heavy atom. The summed E-state index contributed by atoms with van der Waals surface area (Å²) in [4.78, 5) is 30.0. The van der Waals surface area contributed by atoms with Crippen molar-refractivity contribution in [2.24, 2.45) is 0 Å². The first-order valence-electron chi connectivity index (χ1n) is 7.45. The third kappa shape index (κ3) is 3.63. The summed E-state index contributed by atoms with van der Waals surface area (Å²) >= 11 is 0. The van der Waals surface area contributed by atoms with E-state index in [1.807, 2.05) is 30.6 Å². The van der Waals surface area contributed by atoms with Gasteiger partial charge in [0, 0.05) is 31.0 Å². The molecular weight excluding hydrogens is 282 g/mol. The highest BCUT2D eigenvalue weighted by Crippen LogP contribution is 2.11. The fourth-order valence-corrected chi connectivity index (χ4v) is 2.29. The number of rotatable bonds is 6. The van der Waals surface area contributed by atoms with Crippen LogP contribution in [0.2, 0.25) is 0 Å². The van der Waals surface area contributed by atoms with Crippen molar-refractivity contribution in [2.45, 2.75) is 27.2 Å². The molecule has 118 valence electrons. The van der Waals surface area contributed by atoms with Gasteiger partial charge in [-0.2, -0.15) is 0 Å². The van der Waals surface area contributed by atoms with Gasteiger partial charge in [0.1, 0.15) is 5.65 Å². The summed E-state index contributed by atoms with van der Waals surface area (Å²) in [5.41, 5.74) is 2.22. The van der Waals surface area contributed by atoms with Crippen molar-refractivity contribution in [3.63, 3.8) is 0 Å². The predicted octanol–water partition coefficient (Wildman–Crippen LogP) is 2.06. The van der Waals surface area contributed by atoms with Crippen LogP contribution in [0, 0.1) is 6.92 Å². The highest BCUT2D eigenvalue weighted by Gasteiger charge is 2.16. The van der Waals surface area contributed by atoms with Gasteiger partial charge in [-0.25, -0.2) is 4.98 Å². The average molecular weight is 303 g/mol. The van der Waals surface area contributed by atoms with Crippen molar-refractivity contribution < 1.29 is 14.3 Å². The van der Waals surface area contributed by atoms with Crippen LogP contribution in [-0.2, 0) is 9.53 Å². The molecule has 22 heavy (non-hydrogen) atoms. The molecule has 0 atom stereocenters. The summed E-state index contributed by atoms with van der Waals surface area (Å²) in [5.74, 6) is -0.386. The zero-order valence-corrected chi connectivity index (χ0v) is 13.2. The second-order valence-electron chi connectivity index (χ2n) is 5.00. The summed E-state index contributed by atoms with van der Waals surface area (Å²) in [6, 6.07) is 3.53. The van der Waals surface area contributed by atoms with E-state index < -0.39 is 0 Å². The van der Waals surface area contributed by atoms with Crippen LogP contribution in [0.1, 0.15) is 36.3 Å². The Kier molecular flexibility index (Phi) is 5.14. The summed E-state index contributed by atoms with van der Waals surface area (Å²) in [6.07, 6.45) is 3.93. The molecule has 0 saturated carbocycles. The third-order valence-electron chi connectivity index (χ3n) is 3.39. The monoisotopic (exact) mass is 303 g/mol. The van der Waals surface area contributed by atoms with Gasteiger partial charge in [-0.3, -0.25) is 9.59 Å². The molecule has 2 heterocycles. The fourth-order valence-electron chi connectivity index (χ4n) is 2.29. The van der Waals surface area contributed by atoms with Gasteiger partial charge in [0.05, 0.1) is 18.7 Å². The standard InChI is InChI=1S/C16H21N3O3/c1-4-18(9-7-15(20)22-5-2)16(21)13-6-8-19-11-12(3)17-14(19)10-13/h6,8,10-11H,4-5,7,9H2,1-3H3. The van der Waals surface area contributed by atoms with Crippen molar-refractivity contribution in [3.8, 4) is 0 Å². The maximum Gasteiger partial charge on any atom is 0.307 e. The zero-order valence-electron chi connectivity index (χ0n) is 13.2. The number of imidazole rings is 1. The highest BCUT2D eigenvalue weighted by atomic mass is 16.5. The minimum atomic E-state index is -0.284. The molecule has 0 aliphatic heterocycles. The molecule has 0 fully saturated rings. The molecule has 0 aliphatic rings. The minimum Gasteiger partial charge on any atom is -0.466 e. The Bertz CT molecular complexity index is 678. The molecule has 0 N–H and O–H groups in total. The number of fused-ring (bicyclic) bond motifs is 1. The molecule has 2 rings (SSSR count). The van der Waals surface area contributed by atoms with Crippen molar-refractivity contribution in [1.29, 1.82) is 0 Å². The summed E-state index contributed by atoms with van der Waals surface area (Å²) in [7, 11) is 0. The van der Waals surface area contributed by atoms with E-state index in [1.54, 1.807) is 24.0 Å². The number of nitrogens with zero attached hydrogens (tertiary/aromatic N) is 3. The van der Waals surface area contributed by atoms with E-state index in [0.29, 0.717) is 25.3 Å². The smallest absolute Gasteiger partial charge is 0.307 e. The Balaban J connectivity index is 2.10. The van der Waals surface area contributed by atoms with Crippen LogP contribution in [-0.4, -0.2) is 45.9 Å². The van der Waals surface area contributed by atoms with Crippen molar-refractivity contribution in [3.05, 3.63) is 35.8 Å². The number of pyridine rings is 1. The van der Waals surface area contributed by atoms with Crippen LogP contribution in [0.15, 0.2) is 24.5 Å². The molecule has 0 aromatic carbocycles. The molecule has 0 spiro atoms. The van der Waals surface area contributed by atoms with E-state index in [4.69, 9.17) is 4.74 Å². The number of amides is 1. The van der Waals surface area contributed by atoms with Gasteiger partial charge in [0.2, 0.25) is 0 Å². The molecule has 6 nitrogen and oxygen atoms in total. The second kappa shape index (κ2) is 7.06. The van der Waals surface area contributed by atoms with Crippen molar-refractivity contribution >= 4 is 17.5 Å². The van der Waals surface area contributed by atoms with E-state index in [9.17, 15) is 9.59 Å². The number of carbonyl (C=O) groups excluding carboxylic acids is 2. The van der Waals surface area contributed by atoms with E-state index >= 15 is 0 Å². The van der Waals surface area contributed by atoms with Crippen molar-refractivity contribution in [1.82, 2.24) is 14.3 Å². The molecule has 0 unspecified atom stereocenters. The first-order chi connectivity index (χ1) is 10.5. The summed E-state index contributed by atoms with van der Waals surface area (Å²) < 4.78 is 6.77. The largest absolute Gasteiger partial charge is 0.466 e. The number of aromatic nitrogens is 2. The van der Waals surface area contributed by atoms with Crippen LogP contribution in [0.4, 0.5) is 0 Å². The Labute approximate surface area is 129 Å². The normalized spacial score (nSPS) is 10.7. The lowest BCUT2D eigenvalue weighted by Crippen LogP contribution is -2.33. The van der Waals surface area contributed by atoms with E-state index in [1.165, 1.54) is 0 Å². The zero-order chi connectivity index (χ0) is 16.1. The molecule has 2 aromatic rings. The molecule has 0 saturated heterocycles. The molecule has 2 aromatic heterocycles. The molecule has 0 aliphatic carbocycles. The van der Waals surface area contributed by atoms with Gasteiger partial charge >= 0.3 is 5.97 Å². The Hall–Kier alpha value is -2.37. The van der Waals surface area contributed by atoms with Gasteiger partial charge in [0.15, 0.2) is 0 Å². The first-order valence-corrected chi connectivity index (χ1v) is 7.45.